The third-order valence-electron chi connectivity index (χ3n) is 1.48. The minimum Gasteiger partial charge on any atom is -0.302 e. The summed E-state index contributed by atoms with van der Waals surface area (Å²) in [4.78, 5) is 0. The highest BCUT2D eigenvalue weighted by Gasteiger charge is 1.99. The molecule has 1 nitrogen and oxygen atoms in total. The van der Waals surface area contributed by atoms with Crippen LogP contribution < -0.4 is 5.32 Å². The zero-order valence-electron chi connectivity index (χ0n) is 6.98. The first-order valence-corrected chi connectivity index (χ1v) is 3.81. The molecule has 0 saturated heterocycles. The van der Waals surface area contributed by atoms with Gasteiger partial charge in [0.2, 0.25) is 0 Å². The predicted octanol–water partition coefficient (Wildman–Crippen LogP) is 1.69. The molecule has 0 unspecified atom stereocenters. The largest absolute Gasteiger partial charge is 0.302 e. The van der Waals surface area contributed by atoms with Gasteiger partial charge in [-0.1, -0.05) is 5.92 Å². The normalized spacial score (nSPS) is 9.62. The minimum absolute atomic E-state index is 0.374. The zero-order chi connectivity index (χ0) is 9.68. The van der Waals surface area contributed by atoms with Crippen molar-refractivity contribution in [2.75, 3.05) is 6.54 Å². The van der Waals surface area contributed by atoms with E-state index in [4.69, 9.17) is 6.42 Å². The van der Waals surface area contributed by atoms with Gasteiger partial charge in [-0.2, -0.15) is 0 Å². The van der Waals surface area contributed by atoms with Crippen LogP contribution >= 0.6 is 0 Å². The summed E-state index contributed by atoms with van der Waals surface area (Å²) in [6.07, 6.45) is 4.99. The number of hydrogen-bond acceptors (Lipinski definition) is 1. The fourth-order valence-electron chi connectivity index (χ4n) is 0.992. The smallest absolute Gasteiger partial charge is 0.126 e. The van der Waals surface area contributed by atoms with Crippen LogP contribution in [0.25, 0.3) is 0 Å². The molecule has 13 heavy (non-hydrogen) atoms. The van der Waals surface area contributed by atoms with E-state index in [0.29, 0.717) is 18.7 Å². The van der Waals surface area contributed by atoms with Gasteiger partial charge in [0.1, 0.15) is 11.6 Å². The molecule has 0 radical (unpaired) electrons. The molecule has 0 aromatic heterocycles. The van der Waals surface area contributed by atoms with Crippen molar-refractivity contribution in [2.24, 2.45) is 0 Å². The van der Waals surface area contributed by atoms with Gasteiger partial charge < -0.3 is 5.32 Å². The molecule has 0 saturated carbocycles. The van der Waals surface area contributed by atoms with Crippen molar-refractivity contribution < 1.29 is 8.78 Å². The summed E-state index contributed by atoms with van der Waals surface area (Å²) < 4.78 is 25.3. The van der Waals surface area contributed by atoms with E-state index >= 15 is 0 Å². The summed E-state index contributed by atoms with van der Waals surface area (Å²) in [5, 5.41) is 2.84. The molecule has 0 amide bonds. The third-order valence-corrected chi connectivity index (χ3v) is 1.48. The minimum atomic E-state index is -0.572. The zero-order valence-corrected chi connectivity index (χ0v) is 6.98. The molecule has 1 N–H and O–H groups in total. The molecule has 3 heteroatoms. The maximum Gasteiger partial charge on any atom is 0.126 e. The van der Waals surface area contributed by atoms with Crippen molar-refractivity contribution in [1.82, 2.24) is 5.32 Å². The molecule has 0 spiro atoms. The highest BCUT2D eigenvalue weighted by atomic mass is 19.1. The lowest BCUT2D eigenvalue weighted by atomic mass is 10.2. The standard InChI is InChI=1S/C10H9F2N/c1-2-3-13-7-8-4-9(11)6-10(12)5-8/h1,4-6,13H,3,7H2. The van der Waals surface area contributed by atoms with E-state index in [1.165, 1.54) is 12.1 Å². The summed E-state index contributed by atoms with van der Waals surface area (Å²) in [6.45, 7) is 0.761. The van der Waals surface area contributed by atoms with Gasteiger partial charge in [-0.15, -0.1) is 6.42 Å². The summed E-state index contributed by atoms with van der Waals surface area (Å²) in [6, 6.07) is 3.38. The molecule has 0 aliphatic rings. The third kappa shape index (κ3) is 3.22. The quantitative estimate of drug-likeness (QED) is 0.552. The van der Waals surface area contributed by atoms with Crippen LogP contribution in [0.5, 0.6) is 0 Å². The lowest BCUT2D eigenvalue weighted by molar-refractivity contribution is 0.577. The van der Waals surface area contributed by atoms with Crippen LogP contribution in [-0.2, 0) is 6.54 Å². The Morgan fingerprint density at radius 1 is 1.23 bits per heavy atom. The van der Waals surface area contributed by atoms with Gasteiger partial charge in [0.25, 0.3) is 0 Å². The van der Waals surface area contributed by atoms with Gasteiger partial charge in [0.05, 0.1) is 6.54 Å². The highest BCUT2D eigenvalue weighted by Crippen LogP contribution is 2.07. The highest BCUT2D eigenvalue weighted by molar-refractivity contribution is 5.17. The molecule has 68 valence electrons. The first-order chi connectivity index (χ1) is 6.22. The molecule has 0 aliphatic heterocycles. The maximum absolute atomic E-state index is 12.6. The Hall–Kier alpha value is -1.40. The van der Waals surface area contributed by atoms with Crippen molar-refractivity contribution in [3.05, 3.63) is 35.4 Å². The van der Waals surface area contributed by atoms with E-state index in [0.717, 1.165) is 6.07 Å². The molecular weight excluding hydrogens is 172 g/mol. The predicted molar refractivity (Wildman–Crippen MR) is 46.9 cm³/mol. The van der Waals surface area contributed by atoms with Crippen LogP contribution in [0, 0.1) is 24.0 Å². The molecule has 0 aliphatic carbocycles. The van der Waals surface area contributed by atoms with Crippen molar-refractivity contribution in [1.29, 1.82) is 0 Å². The Labute approximate surface area is 75.8 Å². The van der Waals surface area contributed by atoms with Gasteiger partial charge in [0.15, 0.2) is 0 Å². The summed E-state index contributed by atoms with van der Waals surface area (Å²) >= 11 is 0. The summed E-state index contributed by atoms with van der Waals surface area (Å²) in [7, 11) is 0. The first-order valence-electron chi connectivity index (χ1n) is 3.81. The van der Waals surface area contributed by atoms with Crippen molar-refractivity contribution in [2.45, 2.75) is 6.54 Å². The molecule has 1 aromatic rings. The van der Waals surface area contributed by atoms with E-state index in [1.807, 2.05) is 0 Å². The lowest BCUT2D eigenvalue weighted by Crippen LogP contribution is -2.13. The monoisotopic (exact) mass is 181 g/mol. The molecule has 0 fully saturated rings. The average molecular weight is 181 g/mol. The number of rotatable bonds is 3. The lowest BCUT2D eigenvalue weighted by Gasteiger charge is -2.01. The van der Waals surface area contributed by atoms with Gasteiger partial charge in [0, 0.05) is 12.6 Å². The molecule has 0 heterocycles. The van der Waals surface area contributed by atoms with Crippen molar-refractivity contribution in [3.63, 3.8) is 0 Å². The Bertz CT molecular complexity index is 308. The molecular formula is C10H9F2N. The summed E-state index contributed by atoms with van der Waals surface area (Å²) in [5.41, 5.74) is 0.549. The Morgan fingerprint density at radius 2 is 1.85 bits per heavy atom. The molecule has 0 atom stereocenters. The molecule has 1 rings (SSSR count). The van der Waals surface area contributed by atoms with E-state index in [2.05, 4.69) is 11.2 Å². The second-order valence-electron chi connectivity index (χ2n) is 2.59. The van der Waals surface area contributed by atoms with Gasteiger partial charge >= 0.3 is 0 Å². The Balaban J connectivity index is 2.62. The van der Waals surface area contributed by atoms with Crippen LogP contribution in [0.15, 0.2) is 18.2 Å². The second kappa shape index (κ2) is 4.58. The van der Waals surface area contributed by atoms with E-state index in [-0.39, 0.29) is 0 Å². The molecule has 0 bridgehead atoms. The second-order valence-corrected chi connectivity index (χ2v) is 2.59. The van der Waals surface area contributed by atoms with Gasteiger partial charge in [-0.05, 0) is 17.7 Å². The van der Waals surface area contributed by atoms with Crippen molar-refractivity contribution in [3.8, 4) is 12.3 Å². The number of halogens is 2. The molecule has 1 aromatic carbocycles. The SMILES string of the molecule is C#CCNCc1cc(F)cc(F)c1. The van der Waals surface area contributed by atoms with Crippen LogP contribution in [0.3, 0.4) is 0 Å². The van der Waals surface area contributed by atoms with Crippen LogP contribution in [0.4, 0.5) is 8.78 Å². The Kier molecular flexibility index (Phi) is 3.41. The fraction of sp³-hybridized carbons (Fsp3) is 0.200. The maximum atomic E-state index is 12.6. The van der Waals surface area contributed by atoms with E-state index < -0.39 is 11.6 Å². The number of nitrogens with one attached hydrogen (secondary N) is 1. The van der Waals surface area contributed by atoms with E-state index in [1.54, 1.807) is 0 Å². The van der Waals surface area contributed by atoms with Crippen LogP contribution in [-0.4, -0.2) is 6.54 Å². The van der Waals surface area contributed by atoms with E-state index in [9.17, 15) is 8.78 Å². The first kappa shape index (κ1) is 9.69. The number of terminal acetylenes is 1. The van der Waals surface area contributed by atoms with Gasteiger partial charge in [-0.25, -0.2) is 8.78 Å². The summed E-state index contributed by atoms with van der Waals surface area (Å²) in [5.74, 6) is 1.23. The average Bonchev–Trinajstić information content (AvgIpc) is 2.03. The van der Waals surface area contributed by atoms with Crippen LogP contribution in [0.2, 0.25) is 0 Å². The Morgan fingerprint density at radius 3 is 2.38 bits per heavy atom. The number of hydrogen-bond donors (Lipinski definition) is 1. The van der Waals surface area contributed by atoms with Gasteiger partial charge in [-0.3, -0.25) is 0 Å². The fourth-order valence-corrected chi connectivity index (χ4v) is 0.992. The number of benzene rings is 1. The van der Waals surface area contributed by atoms with Crippen molar-refractivity contribution >= 4 is 0 Å². The topological polar surface area (TPSA) is 12.0 Å². The van der Waals surface area contributed by atoms with Crippen LogP contribution in [0.1, 0.15) is 5.56 Å².